The van der Waals surface area contributed by atoms with E-state index in [0.717, 1.165) is 23.1 Å². The van der Waals surface area contributed by atoms with E-state index in [-0.39, 0.29) is 0 Å². The van der Waals surface area contributed by atoms with Crippen LogP contribution in [0.4, 0.5) is 17.1 Å². The normalized spacial score (nSPS) is 9.19. The Morgan fingerprint density at radius 3 is 1.73 bits per heavy atom. The summed E-state index contributed by atoms with van der Waals surface area (Å²) in [5.41, 5.74) is 3.61. The van der Waals surface area contributed by atoms with Crippen molar-refractivity contribution in [2.75, 3.05) is 4.90 Å². The molecule has 0 spiro atoms. The van der Waals surface area contributed by atoms with E-state index in [1.807, 2.05) is 84.9 Å². The van der Waals surface area contributed by atoms with E-state index in [0.29, 0.717) is 5.56 Å². The van der Waals surface area contributed by atoms with Gasteiger partial charge in [-0.15, -0.1) is 0 Å². The van der Waals surface area contributed by atoms with Crippen LogP contribution in [0, 0.1) is 11.3 Å². The predicted octanol–water partition coefficient (Wildman–Crippen LogP) is 5.29. The molecule has 3 aromatic rings. The Morgan fingerprint density at radius 1 is 0.885 bits per heavy atom. The quantitative estimate of drug-likeness (QED) is 0.655. The first-order valence-corrected chi connectivity index (χ1v) is 7.92. The maximum Gasteiger partial charge on any atom is 0.327 e. The molecule has 3 rings (SSSR count). The summed E-state index contributed by atoms with van der Waals surface area (Å²) in [4.78, 5) is 11.3. The molecule has 128 valence electrons. The topological polar surface area (TPSA) is 64.3 Å². The van der Waals surface area contributed by atoms with Crippen molar-refractivity contribution in [1.82, 2.24) is 0 Å². The third-order valence-electron chi connectivity index (χ3n) is 3.47. The second-order valence-corrected chi connectivity index (χ2v) is 5.18. The minimum atomic E-state index is -0.981. The number of carboxylic acids is 1. The second-order valence-electron chi connectivity index (χ2n) is 5.18. The first kappa shape index (κ1) is 18.5. The van der Waals surface area contributed by atoms with Crippen LogP contribution in [0.1, 0.15) is 5.56 Å². The largest absolute Gasteiger partial charge is 0.478 e. The second kappa shape index (κ2) is 9.45. The highest BCUT2D eigenvalue weighted by Crippen LogP contribution is 2.35. The number of carboxylic acid groups (broad SMARTS) is 1. The number of para-hydroxylation sites is 3. The summed E-state index contributed by atoms with van der Waals surface area (Å²) < 4.78 is 0. The van der Waals surface area contributed by atoms with Gasteiger partial charge in [0.1, 0.15) is 6.07 Å². The summed E-state index contributed by atoms with van der Waals surface area (Å²) in [7, 11) is 0. The highest BCUT2D eigenvalue weighted by atomic mass is 16.4. The Morgan fingerprint density at radius 2 is 1.31 bits per heavy atom. The van der Waals surface area contributed by atoms with Crippen molar-refractivity contribution >= 4 is 23.0 Å². The minimum absolute atomic E-state index is 0.658. The summed E-state index contributed by atoms with van der Waals surface area (Å²) in [6.45, 7) is 2.96. The smallest absolute Gasteiger partial charge is 0.327 e. The first-order chi connectivity index (χ1) is 12.7. The van der Waals surface area contributed by atoms with Crippen LogP contribution in [0.25, 0.3) is 0 Å². The van der Waals surface area contributed by atoms with Crippen molar-refractivity contribution < 1.29 is 9.90 Å². The fourth-order valence-electron chi connectivity index (χ4n) is 2.34. The molecule has 0 fully saturated rings. The van der Waals surface area contributed by atoms with Gasteiger partial charge in [0, 0.05) is 17.5 Å². The van der Waals surface area contributed by atoms with Crippen molar-refractivity contribution in [3.05, 3.63) is 103 Å². The van der Waals surface area contributed by atoms with Crippen LogP contribution in [-0.2, 0) is 4.79 Å². The summed E-state index contributed by atoms with van der Waals surface area (Å²) in [5, 5.41) is 17.0. The lowest BCUT2D eigenvalue weighted by atomic mass is 10.1. The van der Waals surface area contributed by atoms with E-state index in [1.54, 1.807) is 0 Å². The molecular formula is C22H18N2O2. The highest BCUT2D eigenvalue weighted by molar-refractivity contribution is 5.80. The van der Waals surface area contributed by atoms with Gasteiger partial charge in [-0.3, -0.25) is 0 Å². The zero-order valence-corrected chi connectivity index (χ0v) is 14.1. The monoisotopic (exact) mass is 342 g/mol. The van der Waals surface area contributed by atoms with E-state index in [4.69, 9.17) is 5.11 Å². The molecule has 3 aromatic carbocycles. The molecule has 0 saturated carbocycles. The van der Waals surface area contributed by atoms with Gasteiger partial charge in [-0.1, -0.05) is 55.1 Å². The maximum absolute atomic E-state index is 9.38. The fourth-order valence-corrected chi connectivity index (χ4v) is 2.34. The number of carbonyl (C=O) groups is 1. The zero-order valence-electron chi connectivity index (χ0n) is 14.1. The molecule has 0 aliphatic rings. The Balaban J connectivity index is 0.000000431. The Hall–Kier alpha value is -3.84. The molecule has 4 heteroatoms. The molecule has 0 unspecified atom stereocenters. The molecule has 0 saturated heterocycles. The molecule has 1 N–H and O–H groups in total. The average molecular weight is 342 g/mol. The molecular weight excluding hydrogens is 324 g/mol. The maximum atomic E-state index is 9.38. The van der Waals surface area contributed by atoms with Gasteiger partial charge in [-0.25, -0.2) is 4.79 Å². The molecule has 0 radical (unpaired) electrons. The lowest BCUT2D eigenvalue weighted by Gasteiger charge is -2.26. The Labute approximate surface area is 152 Å². The lowest BCUT2D eigenvalue weighted by molar-refractivity contribution is -0.131. The lowest BCUT2D eigenvalue weighted by Crippen LogP contribution is -2.11. The standard InChI is InChI=1S/C19H14N2.C3H4O2/c20-15-16-9-7-8-14-19(16)21(17-10-3-1-4-11-17)18-12-5-2-6-13-18;1-2-3(4)5/h1-14H;2H,1H2,(H,4,5). The van der Waals surface area contributed by atoms with Crippen LogP contribution in [0.5, 0.6) is 0 Å². The van der Waals surface area contributed by atoms with Crippen LogP contribution in [-0.4, -0.2) is 11.1 Å². The number of hydrogen-bond donors (Lipinski definition) is 1. The van der Waals surface area contributed by atoms with Gasteiger partial charge < -0.3 is 10.0 Å². The van der Waals surface area contributed by atoms with Gasteiger partial charge in [0.05, 0.1) is 11.3 Å². The van der Waals surface area contributed by atoms with E-state index >= 15 is 0 Å². The van der Waals surface area contributed by atoms with Crippen LogP contribution in [0.15, 0.2) is 97.6 Å². The molecule has 0 aromatic heterocycles. The van der Waals surface area contributed by atoms with Gasteiger partial charge >= 0.3 is 5.97 Å². The van der Waals surface area contributed by atoms with E-state index in [2.05, 4.69) is 17.5 Å². The molecule has 0 bridgehead atoms. The number of nitriles is 1. The van der Waals surface area contributed by atoms with Gasteiger partial charge in [0.2, 0.25) is 0 Å². The van der Waals surface area contributed by atoms with Crippen LogP contribution in [0.3, 0.4) is 0 Å². The summed E-state index contributed by atoms with van der Waals surface area (Å²) in [6.07, 6.45) is 0.833. The van der Waals surface area contributed by atoms with Crippen LogP contribution < -0.4 is 4.90 Å². The van der Waals surface area contributed by atoms with Crippen molar-refractivity contribution in [3.63, 3.8) is 0 Å². The summed E-state index contributed by atoms with van der Waals surface area (Å²) in [6, 6.07) is 30.1. The summed E-state index contributed by atoms with van der Waals surface area (Å²) in [5.74, 6) is -0.981. The molecule has 0 aliphatic heterocycles. The SMILES string of the molecule is C=CC(=O)O.N#Cc1ccccc1N(c1ccccc1)c1ccccc1. The number of nitrogens with zero attached hydrogens (tertiary/aromatic N) is 2. The van der Waals surface area contributed by atoms with Gasteiger partial charge in [-0.05, 0) is 36.4 Å². The van der Waals surface area contributed by atoms with Gasteiger partial charge in [-0.2, -0.15) is 5.26 Å². The van der Waals surface area contributed by atoms with E-state index < -0.39 is 5.97 Å². The predicted molar refractivity (Wildman–Crippen MR) is 104 cm³/mol. The van der Waals surface area contributed by atoms with Crippen LogP contribution >= 0.6 is 0 Å². The number of rotatable bonds is 4. The fraction of sp³-hybridized carbons (Fsp3) is 0. The Kier molecular flexibility index (Phi) is 6.73. The molecule has 0 atom stereocenters. The van der Waals surface area contributed by atoms with Crippen molar-refractivity contribution in [3.8, 4) is 6.07 Å². The molecule has 0 amide bonds. The van der Waals surface area contributed by atoms with Crippen LogP contribution in [0.2, 0.25) is 0 Å². The van der Waals surface area contributed by atoms with E-state index in [9.17, 15) is 10.1 Å². The van der Waals surface area contributed by atoms with Gasteiger partial charge in [0.25, 0.3) is 0 Å². The third-order valence-corrected chi connectivity index (χ3v) is 3.47. The summed E-state index contributed by atoms with van der Waals surface area (Å²) >= 11 is 0. The molecule has 26 heavy (non-hydrogen) atoms. The number of benzene rings is 3. The van der Waals surface area contributed by atoms with Crippen molar-refractivity contribution in [2.45, 2.75) is 0 Å². The number of hydrogen-bond acceptors (Lipinski definition) is 3. The zero-order chi connectivity index (χ0) is 18.8. The molecule has 4 nitrogen and oxygen atoms in total. The van der Waals surface area contributed by atoms with E-state index in [1.165, 1.54) is 0 Å². The highest BCUT2D eigenvalue weighted by Gasteiger charge is 2.14. The molecule has 0 aliphatic carbocycles. The van der Waals surface area contributed by atoms with Crippen molar-refractivity contribution in [1.29, 1.82) is 5.26 Å². The Bertz CT molecular complexity index is 861. The molecule has 0 heterocycles. The average Bonchev–Trinajstić information content (AvgIpc) is 2.71. The van der Waals surface area contributed by atoms with Crippen molar-refractivity contribution in [2.24, 2.45) is 0 Å². The van der Waals surface area contributed by atoms with Gasteiger partial charge in [0.15, 0.2) is 0 Å². The third kappa shape index (κ3) is 4.83. The minimum Gasteiger partial charge on any atom is -0.478 e. The number of anilines is 3. The number of aliphatic carboxylic acids is 1. The first-order valence-electron chi connectivity index (χ1n) is 7.92.